The molecule has 0 aromatic rings. The Labute approximate surface area is 104 Å². The van der Waals surface area contributed by atoms with E-state index in [0.29, 0.717) is 13.0 Å². The van der Waals surface area contributed by atoms with Crippen LogP contribution in [0.5, 0.6) is 0 Å². The SMILES string of the molecule is CC(C)(C)OC(=O)CC1(C)CCOC(C)(C)O1. The third-order valence-corrected chi connectivity index (χ3v) is 2.51. The van der Waals surface area contributed by atoms with Gasteiger partial charge in [0.25, 0.3) is 0 Å². The van der Waals surface area contributed by atoms with Gasteiger partial charge in [0.05, 0.1) is 18.6 Å². The largest absolute Gasteiger partial charge is 0.460 e. The van der Waals surface area contributed by atoms with E-state index < -0.39 is 17.0 Å². The molecule has 1 heterocycles. The van der Waals surface area contributed by atoms with Gasteiger partial charge >= 0.3 is 5.97 Å². The van der Waals surface area contributed by atoms with E-state index in [2.05, 4.69) is 0 Å². The Morgan fingerprint density at radius 1 is 1.29 bits per heavy atom. The molecule has 1 aliphatic heterocycles. The number of hydrogen-bond donors (Lipinski definition) is 0. The van der Waals surface area contributed by atoms with Crippen LogP contribution in [0, 0.1) is 0 Å². The van der Waals surface area contributed by atoms with Crippen LogP contribution in [0.25, 0.3) is 0 Å². The lowest BCUT2D eigenvalue weighted by molar-refractivity contribution is -0.306. The van der Waals surface area contributed by atoms with Crippen LogP contribution in [-0.4, -0.2) is 29.6 Å². The molecule has 100 valence electrons. The molecule has 1 saturated heterocycles. The molecule has 0 saturated carbocycles. The molecule has 1 fully saturated rings. The zero-order chi connectivity index (χ0) is 13.3. The van der Waals surface area contributed by atoms with Crippen molar-refractivity contribution in [3.8, 4) is 0 Å². The number of carbonyl (C=O) groups is 1. The molecule has 17 heavy (non-hydrogen) atoms. The summed E-state index contributed by atoms with van der Waals surface area (Å²) in [5.74, 6) is -0.854. The molecule has 0 N–H and O–H groups in total. The van der Waals surface area contributed by atoms with Crippen LogP contribution in [-0.2, 0) is 19.0 Å². The third kappa shape index (κ3) is 5.04. The first-order valence-electron chi connectivity index (χ1n) is 6.07. The highest BCUT2D eigenvalue weighted by Crippen LogP contribution is 2.33. The van der Waals surface area contributed by atoms with Crippen molar-refractivity contribution in [3.63, 3.8) is 0 Å². The first kappa shape index (κ1) is 14.5. The van der Waals surface area contributed by atoms with Crippen LogP contribution in [0.4, 0.5) is 0 Å². The van der Waals surface area contributed by atoms with Crippen molar-refractivity contribution in [2.45, 2.75) is 71.4 Å². The highest BCUT2D eigenvalue weighted by molar-refractivity contribution is 5.71. The lowest BCUT2D eigenvalue weighted by Crippen LogP contribution is -2.48. The molecule has 0 aromatic carbocycles. The van der Waals surface area contributed by atoms with Crippen molar-refractivity contribution in [3.05, 3.63) is 0 Å². The molecule has 0 aliphatic carbocycles. The summed E-state index contributed by atoms with van der Waals surface area (Å²) >= 11 is 0. The van der Waals surface area contributed by atoms with Gasteiger partial charge in [0.15, 0.2) is 5.79 Å². The summed E-state index contributed by atoms with van der Waals surface area (Å²) in [4.78, 5) is 11.8. The van der Waals surface area contributed by atoms with E-state index in [-0.39, 0.29) is 12.4 Å². The average Bonchev–Trinajstić information content (AvgIpc) is 1.94. The summed E-state index contributed by atoms with van der Waals surface area (Å²) in [6.45, 7) is 11.8. The molecule has 0 amide bonds. The smallest absolute Gasteiger partial charge is 0.309 e. The molecule has 1 atom stereocenters. The second-order valence-corrected chi connectivity index (χ2v) is 6.31. The van der Waals surface area contributed by atoms with Gasteiger partial charge in [-0.05, 0) is 41.5 Å². The first-order valence-corrected chi connectivity index (χ1v) is 6.07. The van der Waals surface area contributed by atoms with Gasteiger partial charge in [0.1, 0.15) is 5.60 Å². The average molecular weight is 244 g/mol. The molecule has 4 nitrogen and oxygen atoms in total. The predicted octanol–water partition coefficient (Wildman–Crippen LogP) is 2.65. The zero-order valence-corrected chi connectivity index (χ0v) is 11.8. The fourth-order valence-corrected chi connectivity index (χ4v) is 1.99. The molecule has 0 spiro atoms. The van der Waals surface area contributed by atoms with Crippen molar-refractivity contribution < 1.29 is 19.0 Å². The minimum atomic E-state index is -0.630. The quantitative estimate of drug-likeness (QED) is 0.700. The number of esters is 1. The fourth-order valence-electron chi connectivity index (χ4n) is 1.99. The maximum atomic E-state index is 11.8. The number of hydrogen-bond acceptors (Lipinski definition) is 4. The van der Waals surface area contributed by atoms with Gasteiger partial charge in [0, 0.05) is 6.42 Å². The topological polar surface area (TPSA) is 44.8 Å². The molecule has 4 heteroatoms. The Morgan fingerprint density at radius 2 is 1.88 bits per heavy atom. The minimum absolute atomic E-state index is 0.224. The van der Waals surface area contributed by atoms with Crippen molar-refractivity contribution in [2.24, 2.45) is 0 Å². The number of ether oxygens (including phenoxy) is 3. The van der Waals surface area contributed by atoms with E-state index in [1.54, 1.807) is 0 Å². The third-order valence-electron chi connectivity index (χ3n) is 2.51. The summed E-state index contributed by atoms with van der Waals surface area (Å²) in [5, 5.41) is 0. The summed E-state index contributed by atoms with van der Waals surface area (Å²) in [6, 6.07) is 0. The Kier molecular flexibility index (Phi) is 3.89. The molecule has 1 rings (SSSR count). The summed E-state index contributed by atoms with van der Waals surface area (Å²) in [7, 11) is 0. The zero-order valence-electron chi connectivity index (χ0n) is 11.8. The first-order chi connectivity index (χ1) is 7.52. The van der Waals surface area contributed by atoms with E-state index in [9.17, 15) is 4.79 Å². The number of carbonyl (C=O) groups excluding carboxylic acids is 1. The van der Waals surface area contributed by atoms with Crippen LogP contribution < -0.4 is 0 Å². The lowest BCUT2D eigenvalue weighted by atomic mass is 9.96. The van der Waals surface area contributed by atoms with E-state index >= 15 is 0 Å². The molecular weight excluding hydrogens is 220 g/mol. The van der Waals surface area contributed by atoms with Gasteiger partial charge in [0.2, 0.25) is 0 Å². The Hall–Kier alpha value is -0.610. The second kappa shape index (κ2) is 4.58. The summed E-state index contributed by atoms with van der Waals surface area (Å²) in [5.41, 5.74) is -0.946. The Morgan fingerprint density at radius 3 is 2.35 bits per heavy atom. The van der Waals surface area contributed by atoms with Gasteiger partial charge in [-0.15, -0.1) is 0 Å². The molecule has 1 unspecified atom stereocenters. The lowest BCUT2D eigenvalue weighted by Gasteiger charge is -2.42. The maximum Gasteiger partial charge on any atom is 0.309 e. The van der Waals surface area contributed by atoms with Crippen LogP contribution in [0.2, 0.25) is 0 Å². The van der Waals surface area contributed by atoms with Gasteiger partial charge in [-0.1, -0.05) is 0 Å². The molecule has 0 radical (unpaired) electrons. The van der Waals surface area contributed by atoms with Crippen molar-refractivity contribution in [1.29, 1.82) is 0 Å². The van der Waals surface area contributed by atoms with Crippen molar-refractivity contribution in [2.75, 3.05) is 6.61 Å². The van der Waals surface area contributed by atoms with Crippen LogP contribution in [0.15, 0.2) is 0 Å². The van der Waals surface area contributed by atoms with E-state index in [0.717, 1.165) is 0 Å². The van der Waals surface area contributed by atoms with E-state index in [1.165, 1.54) is 0 Å². The maximum absolute atomic E-state index is 11.8. The molecule has 0 bridgehead atoms. The van der Waals surface area contributed by atoms with Crippen molar-refractivity contribution in [1.82, 2.24) is 0 Å². The summed E-state index contributed by atoms with van der Waals surface area (Å²) in [6.07, 6.45) is 0.965. The van der Waals surface area contributed by atoms with Gasteiger partial charge < -0.3 is 14.2 Å². The highest BCUT2D eigenvalue weighted by Gasteiger charge is 2.40. The summed E-state index contributed by atoms with van der Waals surface area (Å²) < 4.78 is 16.6. The predicted molar refractivity (Wildman–Crippen MR) is 64.6 cm³/mol. The molecular formula is C13H24O4. The van der Waals surface area contributed by atoms with E-state index in [1.807, 2.05) is 41.5 Å². The normalized spacial score (nSPS) is 28.8. The monoisotopic (exact) mass is 244 g/mol. The minimum Gasteiger partial charge on any atom is -0.460 e. The molecule has 0 aromatic heterocycles. The van der Waals surface area contributed by atoms with Crippen LogP contribution >= 0.6 is 0 Å². The van der Waals surface area contributed by atoms with Crippen LogP contribution in [0.3, 0.4) is 0 Å². The Bertz CT molecular complexity index is 290. The Balaban J connectivity index is 2.58. The second-order valence-electron chi connectivity index (χ2n) is 6.31. The highest BCUT2D eigenvalue weighted by atomic mass is 16.7. The van der Waals surface area contributed by atoms with Gasteiger partial charge in [-0.3, -0.25) is 4.79 Å². The van der Waals surface area contributed by atoms with Crippen LogP contribution in [0.1, 0.15) is 54.4 Å². The standard InChI is InChI=1S/C13H24O4/c1-11(2,3)16-10(14)9-13(6)7-8-15-12(4,5)17-13/h7-9H2,1-6H3. The number of rotatable bonds is 2. The fraction of sp³-hybridized carbons (Fsp3) is 0.923. The van der Waals surface area contributed by atoms with Gasteiger partial charge in [-0.25, -0.2) is 0 Å². The van der Waals surface area contributed by atoms with Crippen molar-refractivity contribution >= 4 is 5.97 Å². The molecule has 1 aliphatic rings. The van der Waals surface area contributed by atoms with Gasteiger partial charge in [-0.2, -0.15) is 0 Å². The van der Waals surface area contributed by atoms with E-state index in [4.69, 9.17) is 14.2 Å².